The summed E-state index contributed by atoms with van der Waals surface area (Å²) in [5, 5.41) is 3.20. The van der Waals surface area contributed by atoms with Crippen LogP contribution in [0.3, 0.4) is 0 Å². The summed E-state index contributed by atoms with van der Waals surface area (Å²) in [5.74, 6) is 0.197. The number of nitrogens with one attached hydrogen (secondary N) is 1. The minimum atomic E-state index is -1.70. The lowest BCUT2D eigenvalue weighted by Crippen LogP contribution is -2.47. The highest BCUT2D eigenvalue weighted by molar-refractivity contribution is 6.83. The van der Waals surface area contributed by atoms with Gasteiger partial charge in [-0.1, -0.05) is 99.6 Å². The average molecular weight is 340 g/mol. The summed E-state index contributed by atoms with van der Waals surface area (Å²) in [7, 11) is -1.70. The molecular formula is C21H29NOSi. The van der Waals surface area contributed by atoms with Gasteiger partial charge in [-0.15, -0.1) is 0 Å². The maximum atomic E-state index is 13.2. The van der Waals surface area contributed by atoms with E-state index >= 15 is 0 Å². The van der Waals surface area contributed by atoms with Crippen LogP contribution in [0.2, 0.25) is 18.1 Å². The van der Waals surface area contributed by atoms with Gasteiger partial charge in [0.2, 0.25) is 5.91 Å². The molecule has 0 radical (unpaired) electrons. The van der Waals surface area contributed by atoms with Gasteiger partial charge in [-0.2, -0.15) is 0 Å². The van der Waals surface area contributed by atoms with Crippen molar-refractivity contribution in [3.8, 4) is 0 Å². The molecule has 1 amide bonds. The van der Waals surface area contributed by atoms with Crippen LogP contribution >= 0.6 is 0 Å². The largest absolute Gasteiger partial charge is 0.352 e. The summed E-state index contributed by atoms with van der Waals surface area (Å²) in [5.41, 5.74) is 2.36. The monoisotopic (exact) mass is 339 g/mol. The number of carbonyl (C=O) groups is 1. The van der Waals surface area contributed by atoms with E-state index in [2.05, 4.69) is 50.4 Å². The summed E-state index contributed by atoms with van der Waals surface area (Å²) < 4.78 is 0. The molecule has 0 heterocycles. The van der Waals surface area contributed by atoms with Crippen molar-refractivity contribution < 1.29 is 4.79 Å². The van der Waals surface area contributed by atoms with Crippen LogP contribution in [0.1, 0.15) is 37.4 Å². The van der Waals surface area contributed by atoms with Crippen molar-refractivity contribution in [2.45, 2.75) is 51.0 Å². The number of hydrogen-bond acceptors (Lipinski definition) is 1. The molecule has 3 heteroatoms. The molecule has 24 heavy (non-hydrogen) atoms. The van der Waals surface area contributed by atoms with Crippen molar-refractivity contribution in [2.75, 3.05) is 0 Å². The Bertz CT molecular complexity index is 615. The number of carbonyl (C=O) groups excluding carboxylic acids is 1. The van der Waals surface area contributed by atoms with Gasteiger partial charge in [0.15, 0.2) is 0 Å². The molecular weight excluding hydrogens is 310 g/mol. The lowest BCUT2D eigenvalue weighted by atomic mass is 10.1. The second kappa shape index (κ2) is 8.83. The van der Waals surface area contributed by atoms with Gasteiger partial charge in [0, 0.05) is 6.54 Å². The first-order valence-electron chi connectivity index (χ1n) is 9.03. The number of hydrogen-bond donors (Lipinski definition) is 1. The minimum absolute atomic E-state index is 0.0300. The highest BCUT2D eigenvalue weighted by Gasteiger charge is 2.41. The molecule has 0 spiro atoms. The van der Waals surface area contributed by atoms with Crippen LogP contribution in [-0.4, -0.2) is 14.0 Å². The highest BCUT2D eigenvalue weighted by Crippen LogP contribution is 2.36. The first-order valence-corrected chi connectivity index (χ1v) is 11.7. The summed E-state index contributed by atoms with van der Waals surface area (Å²) in [4.78, 5) is 13.2. The molecule has 0 aliphatic carbocycles. The molecule has 1 unspecified atom stereocenters. The normalized spacial score (nSPS) is 12.6. The zero-order valence-corrected chi connectivity index (χ0v) is 16.1. The molecule has 1 N–H and O–H groups in total. The Morgan fingerprint density at radius 1 is 0.875 bits per heavy atom. The maximum Gasteiger partial charge on any atom is 0.225 e. The van der Waals surface area contributed by atoms with Crippen molar-refractivity contribution in [1.82, 2.24) is 5.32 Å². The SMILES string of the molecule is CC[Si](CC)(CC)C(C(=O)NCc1ccccc1)c1ccccc1. The van der Waals surface area contributed by atoms with E-state index in [4.69, 9.17) is 0 Å². The third kappa shape index (κ3) is 4.15. The fourth-order valence-electron chi connectivity index (χ4n) is 3.68. The van der Waals surface area contributed by atoms with Gasteiger partial charge in [-0.3, -0.25) is 4.79 Å². The fourth-order valence-corrected chi connectivity index (χ4v) is 7.96. The molecule has 2 aromatic carbocycles. The Labute approximate surface area is 147 Å². The molecule has 128 valence electrons. The summed E-state index contributed by atoms with van der Waals surface area (Å²) in [6, 6.07) is 23.9. The van der Waals surface area contributed by atoms with Crippen molar-refractivity contribution in [3.05, 3.63) is 71.8 Å². The lowest BCUT2D eigenvalue weighted by molar-refractivity contribution is -0.121. The fraction of sp³-hybridized carbons (Fsp3) is 0.381. The molecule has 0 saturated heterocycles. The van der Waals surface area contributed by atoms with Gasteiger partial charge in [-0.25, -0.2) is 0 Å². The third-order valence-electron chi connectivity index (χ3n) is 5.43. The Balaban J connectivity index is 2.26. The van der Waals surface area contributed by atoms with Gasteiger partial charge in [-0.05, 0) is 11.1 Å². The van der Waals surface area contributed by atoms with Gasteiger partial charge in [0.25, 0.3) is 0 Å². The molecule has 2 rings (SSSR count). The van der Waals surface area contributed by atoms with E-state index in [-0.39, 0.29) is 11.4 Å². The molecule has 1 atom stereocenters. The van der Waals surface area contributed by atoms with Crippen molar-refractivity contribution >= 4 is 14.0 Å². The number of amides is 1. The van der Waals surface area contributed by atoms with E-state index in [0.717, 1.165) is 23.7 Å². The van der Waals surface area contributed by atoms with Crippen molar-refractivity contribution in [3.63, 3.8) is 0 Å². The standard InChI is InChI=1S/C21H29NOSi/c1-4-24(5-2,6-3)20(19-15-11-8-12-16-19)21(23)22-17-18-13-9-7-10-14-18/h7-16,20H,4-6,17H2,1-3H3,(H,22,23). The van der Waals surface area contributed by atoms with Crippen LogP contribution in [0, 0.1) is 0 Å². The predicted molar refractivity (Wildman–Crippen MR) is 105 cm³/mol. The first kappa shape index (κ1) is 18.5. The van der Waals surface area contributed by atoms with Crippen molar-refractivity contribution in [2.24, 2.45) is 0 Å². The van der Waals surface area contributed by atoms with Gasteiger partial charge in [0.1, 0.15) is 0 Å². The highest BCUT2D eigenvalue weighted by atomic mass is 28.3. The van der Waals surface area contributed by atoms with Crippen LogP contribution in [0.25, 0.3) is 0 Å². The second-order valence-electron chi connectivity index (χ2n) is 6.47. The van der Waals surface area contributed by atoms with Crippen LogP contribution < -0.4 is 5.32 Å². The summed E-state index contributed by atoms with van der Waals surface area (Å²) in [6.45, 7) is 7.39. The summed E-state index contributed by atoms with van der Waals surface area (Å²) in [6.07, 6.45) is 0. The zero-order valence-electron chi connectivity index (χ0n) is 15.1. The zero-order chi connectivity index (χ0) is 17.4. The minimum Gasteiger partial charge on any atom is -0.352 e. The quantitative estimate of drug-likeness (QED) is 0.663. The molecule has 2 nitrogen and oxygen atoms in total. The van der Waals surface area contributed by atoms with E-state index in [1.54, 1.807) is 0 Å². The molecule has 0 fully saturated rings. The van der Waals surface area contributed by atoms with E-state index in [1.807, 2.05) is 36.4 Å². The van der Waals surface area contributed by atoms with Crippen LogP contribution in [0.5, 0.6) is 0 Å². The van der Waals surface area contributed by atoms with Gasteiger partial charge >= 0.3 is 0 Å². The van der Waals surface area contributed by atoms with Gasteiger partial charge in [0.05, 0.1) is 13.6 Å². The predicted octanol–water partition coefficient (Wildman–Crippen LogP) is 5.13. The third-order valence-corrected chi connectivity index (χ3v) is 11.5. The van der Waals surface area contributed by atoms with E-state index in [0.29, 0.717) is 6.54 Å². The number of rotatable bonds is 8. The Hall–Kier alpha value is -1.87. The van der Waals surface area contributed by atoms with Crippen LogP contribution in [-0.2, 0) is 11.3 Å². The molecule has 0 aliphatic heterocycles. The lowest BCUT2D eigenvalue weighted by Gasteiger charge is -2.36. The van der Waals surface area contributed by atoms with Crippen molar-refractivity contribution in [1.29, 1.82) is 0 Å². The molecule has 0 bridgehead atoms. The molecule has 2 aromatic rings. The Kier molecular flexibility index (Phi) is 6.80. The van der Waals surface area contributed by atoms with E-state index < -0.39 is 8.07 Å². The summed E-state index contributed by atoms with van der Waals surface area (Å²) >= 11 is 0. The van der Waals surface area contributed by atoms with E-state index in [1.165, 1.54) is 5.56 Å². The van der Waals surface area contributed by atoms with E-state index in [9.17, 15) is 4.79 Å². The first-order chi connectivity index (χ1) is 11.7. The van der Waals surface area contributed by atoms with Crippen LogP contribution in [0.4, 0.5) is 0 Å². The molecule has 0 aliphatic rings. The molecule has 0 saturated carbocycles. The van der Waals surface area contributed by atoms with Crippen LogP contribution in [0.15, 0.2) is 60.7 Å². The molecule has 0 aromatic heterocycles. The average Bonchev–Trinajstić information content (AvgIpc) is 2.66. The maximum absolute atomic E-state index is 13.2. The Morgan fingerprint density at radius 2 is 1.38 bits per heavy atom. The smallest absolute Gasteiger partial charge is 0.225 e. The number of benzene rings is 2. The topological polar surface area (TPSA) is 29.1 Å². The van der Waals surface area contributed by atoms with Gasteiger partial charge < -0.3 is 5.32 Å². The second-order valence-corrected chi connectivity index (χ2v) is 11.9. The Morgan fingerprint density at radius 3 is 1.88 bits per heavy atom.